The van der Waals surface area contributed by atoms with Crippen LogP contribution in [0.3, 0.4) is 0 Å². The molecule has 2 saturated heterocycles. The van der Waals surface area contributed by atoms with E-state index < -0.39 is 30.2 Å². The molecule has 6 nitrogen and oxygen atoms in total. The van der Waals surface area contributed by atoms with E-state index in [0.717, 1.165) is 12.5 Å². The topological polar surface area (TPSA) is 80.1 Å². The highest BCUT2D eigenvalue weighted by atomic mass is 19.4. The molecule has 0 bridgehead atoms. The van der Waals surface area contributed by atoms with Crippen molar-refractivity contribution >= 4 is 5.69 Å². The minimum Gasteiger partial charge on any atom is -0.389 e. The summed E-state index contributed by atoms with van der Waals surface area (Å²) in [6.07, 6.45) is -5.59. The maximum Gasteiger partial charge on any atom is 0.433 e. The van der Waals surface area contributed by atoms with Crippen molar-refractivity contribution in [2.45, 2.75) is 30.9 Å². The quantitative estimate of drug-likeness (QED) is 0.720. The van der Waals surface area contributed by atoms with Crippen molar-refractivity contribution in [2.24, 2.45) is 5.92 Å². The minimum atomic E-state index is -4.46. The zero-order valence-corrected chi connectivity index (χ0v) is 13.6. The van der Waals surface area contributed by atoms with Gasteiger partial charge in [-0.05, 0) is 24.5 Å². The second kappa shape index (κ2) is 7.06. The molecule has 0 saturated carbocycles. The number of alkyl halides is 3. The first kappa shape index (κ1) is 18.4. The zero-order valence-electron chi connectivity index (χ0n) is 13.6. The van der Waals surface area contributed by atoms with Gasteiger partial charge in [-0.25, -0.2) is 0 Å². The Bertz CT molecular complexity index is 589. The number of aromatic nitrogens is 1. The molecule has 2 fully saturated rings. The fourth-order valence-corrected chi connectivity index (χ4v) is 3.58. The molecule has 140 valence electrons. The molecule has 1 aromatic heterocycles. The number of hydrogen-bond donors (Lipinski definition) is 3. The van der Waals surface area contributed by atoms with Crippen LogP contribution in [0, 0.1) is 5.92 Å². The molecule has 0 aromatic carbocycles. The van der Waals surface area contributed by atoms with Crippen molar-refractivity contribution in [1.82, 2.24) is 9.88 Å². The number of pyridine rings is 1. The highest BCUT2D eigenvalue weighted by Crippen LogP contribution is 2.31. The van der Waals surface area contributed by atoms with Gasteiger partial charge in [0.25, 0.3) is 0 Å². The Morgan fingerprint density at radius 2 is 1.80 bits per heavy atom. The average Bonchev–Trinajstić information content (AvgIpc) is 3.00. The number of halogens is 3. The van der Waals surface area contributed by atoms with Crippen LogP contribution in [0.25, 0.3) is 0 Å². The molecule has 0 spiro atoms. The molecule has 2 aliphatic rings. The van der Waals surface area contributed by atoms with Gasteiger partial charge in [-0.2, -0.15) is 13.2 Å². The third-order valence-corrected chi connectivity index (χ3v) is 4.88. The Morgan fingerprint density at radius 1 is 1.12 bits per heavy atom. The van der Waals surface area contributed by atoms with E-state index in [1.807, 2.05) is 9.80 Å². The second-order valence-electron chi connectivity index (χ2n) is 6.84. The largest absolute Gasteiger partial charge is 0.433 e. The molecule has 2 unspecified atom stereocenters. The van der Waals surface area contributed by atoms with E-state index in [4.69, 9.17) is 0 Å². The summed E-state index contributed by atoms with van der Waals surface area (Å²) in [4.78, 5) is 7.17. The van der Waals surface area contributed by atoms with Gasteiger partial charge in [-0.15, -0.1) is 0 Å². The minimum absolute atomic E-state index is 0.220. The summed E-state index contributed by atoms with van der Waals surface area (Å²) >= 11 is 0. The highest BCUT2D eigenvalue weighted by molar-refractivity contribution is 5.48. The van der Waals surface area contributed by atoms with Gasteiger partial charge >= 0.3 is 6.18 Å². The lowest BCUT2D eigenvalue weighted by atomic mass is 10.00. The van der Waals surface area contributed by atoms with Crippen molar-refractivity contribution in [3.8, 4) is 0 Å². The fourth-order valence-electron chi connectivity index (χ4n) is 3.58. The molecule has 3 atom stereocenters. The van der Waals surface area contributed by atoms with Crippen LogP contribution in [0.4, 0.5) is 18.9 Å². The number of hydrogen-bond acceptors (Lipinski definition) is 6. The Kier molecular flexibility index (Phi) is 5.19. The van der Waals surface area contributed by atoms with Crippen molar-refractivity contribution in [3.63, 3.8) is 0 Å². The summed E-state index contributed by atoms with van der Waals surface area (Å²) in [6.45, 7) is 2.43. The van der Waals surface area contributed by atoms with Gasteiger partial charge < -0.3 is 20.2 Å². The van der Waals surface area contributed by atoms with Crippen LogP contribution in [0.2, 0.25) is 0 Å². The third kappa shape index (κ3) is 4.22. The van der Waals surface area contributed by atoms with Crippen LogP contribution in [0.5, 0.6) is 0 Å². The smallest absolute Gasteiger partial charge is 0.389 e. The number of anilines is 1. The van der Waals surface area contributed by atoms with Crippen LogP contribution < -0.4 is 4.90 Å². The standard InChI is InChI=1S/C16H22F3N3O3/c17-16(18,19)14-5-11(1-3-20-14)22-4-2-10(7-22)6-21-8-12(23)15(25)13(24)9-21/h1,3,5,10,12-13,15,23-25H,2,4,6-9H2/t10-,12?,13?,15?/m0/s1. The Balaban J connectivity index is 1.59. The molecule has 3 heterocycles. The average molecular weight is 361 g/mol. The van der Waals surface area contributed by atoms with Gasteiger partial charge in [0, 0.05) is 44.6 Å². The molecule has 25 heavy (non-hydrogen) atoms. The molecule has 0 amide bonds. The van der Waals surface area contributed by atoms with Crippen LogP contribution in [0.15, 0.2) is 18.3 Å². The molecule has 1 aromatic rings. The lowest BCUT2D eigenvalue weighted by molar-refractivity contribution is -0.141. The lowest BCUT2D eigenvalue weighted by Crippen LogP contribution is -2.56. The summed E-state index contributed by atoms with van der Waals surface area (Å²) in [5.74, 6) is 0.220. The Morgan fingerprint density at radius 3 is 2.44 bits per heavy atom. The number of β-amino-alcohol motifs (C(OH)–C–C–N with tert-alkyl or cyclic N) is 2. The van der Waals surface area contributed by atoms with E-state index in [0.29, 0.717) is 25.3 Å². The van der Waals surface area contributed by atoms with E-state index in [1.54, 1.807) is 6.07 Å². The molecule has 0 aliphatic carbocycles. The number of rotatable bonds is 3. The van der Waals surface area contributed by atoms with Gasteiger partial charge in [0.05, 0.1) is 12.2 Å². The highest BCUT2D eigenvalue weighted by Gasteiger charge is 2.36. The van der Waals surface area contributed by atoms with Crippen molar-refractivity contribution in [2.75, 3.05) is 37.6 Å². The van der Waals surface area contributed by atoms with E-state index in [1.165, 1.54) is 6.20 Å². The van der Waals surface area contributed by atoms with E-state index in [-0.39, 0.29) is 19.0 Å². The zero-order chi connectivity index (χ0) is 18.2. The third-order valence-electron chi connectivity index (χ3n) is 4.88. The summed E-state index contributed by atoms with van der Waals surface area (Å²) in [5, 5.41) is 29.1. The SMILES string of the molecule is OC1CN(C[C@@H]2CCN(c3ccnc(C(F)(F)F)c3)C2)CC(O)C1O. The van der Waals surface area contributed by atoms with Gasteiger partial charge in [-0.1, -0.05) is 0 Å². The van der Waals surface area contributed by atoms with Gasteiger partial charge in [0.15, 0.2) is 0 Å². The molecular weight excluding hydrogens is 339 g/mol. The second-order valence-corrected chi connectivity index (χ2v) is 6.84. The predicted molar refractivity (Wildman–Crippen MR) is 84.0 cm³/mol. The van der Waals surface area contributed by atoms with E-state index >= 15 is 0 Å². The maximum atomic E-state index is 12.8. The number of nitrogens with zero attached hydrogens (tertiary/aromatic N) is 3. The molecule has 9 heteroatoms. The van der Waals surface area contributed by atoms with Crippen LogP contribution >= 0.6 is 0 Å². The van der Waals surface area contributed by atoms with Gasteiger partial charge in [0.1, 0.15) is 11.8 Å². The maximum absolute atomic E-state index is 12.8. The first-order valence-electron chi connectivity index (χ1n) is 8.29. The summed E-state index contributed by atoms with van der Waals surface area (Å²) in [7, 11) is 0. The normalized spacial score (nSPS) is 31.5. The first-order valence-corrected chi connectivity index (χ1v) is 8.29. The Labute approximate surface area is 143 Å². The monoisotopic (exact) mass is 361 g/mol. The summed E-state index contributed by atoms with van der Waals surface area (Å²) in [6, 6.07) is 2.63. The number of likely N-dealkylation sites (tertiary alicyclic amines) is 1. The van der Waals surface area contributed by atoms with E-state index in [9.17, 15) is 28.5 Å². The summed E-state index contributed by atoms with van der Waals surface area (Å²) in [5.41, 5.74) is -0.399. The van der Waals surface area contributed by atoms with Crippen molar-refractivity contribution < 1.29 is 28.5 Å². The number of aliphatic hydroxyl groups is 3. The lowest BCUT2D eigenvalue weighted by Gasteiger charge is -2.38. The van der Waals surface area contributed by atoms with Gasteiger partial charge in [0.2, 0.25) is 0 Å². The molecule has 0 radical (unpaired) electrons. The molecule has 3 N–H and O–H groups in total. The predicted octanol–water partition coefficient (Wildman–Crippen LogP) is 0.325. The number of piperidine rings is 1. The number of aliphatic hydroxyl groups excluding tert-OH is 3. The van der Waals surface area contributed by atoms with Crippen LogP contribution in [-0.2, 0) is 6.18 Å². The molecule has 2 aliphatic heterocycles. The van der Waals surface area contributed by atoms with Crippen LogP contribution in [-0.4, -0.2) is 76.2 Å². The van der Waals surface area contributed by atoms with Gasteiger partial charge in [-0.3, -0.25) is 9.88 Å². The molecule has 3 rings (SSSR count). The van der Waals surface area contributed by atoms with E-state index in [2.05, 4.69) is 4.98 Å². The van der Waals surface area contributed by atoms with Crippen molar-refractivity contribution in [3.05, 3.63) is 24.0 Å². The van der Waals surface area contributed by atoms with Crippen LogP contribution in [0.1, 0.15) is 12.1 Å². The fraction of sp³-hybridized carbons (Fsp3) is 0.688. The van der Waals surface area contributed by atoms with Crippen molar-refractivity contribution in [1.29, 1.82) is 0 Å². The Hall–Kier alpha value is -1.42. The molecular formula is C16H22F3N3O3. The summed E-state index contributed by atoms with van der Waals surface area (Å²) < 4.78 is 38.4. The first-order chi connectivity index (χ1) is 11.7.